The Labute approximate surface area is 89.0 Å². The van der Waals surface area contributed by atoms with Crippen molar-refractivity contribution in [2.75, 3.05) is 5.73 Å². The average molecular weight is 218 g/mol. The summed E-state index contributed by atoms with van der Waals surface area (Å²) in [5.41, 5.74) is 8.09. The van der Waals surface area contributed by atoms with Crippen LogP contribution in [0.2, 0.25) is 0 Å². The Morgan fingerprint density at radius 2 is 2.33 bits per heavy atom. The molecule has 0 aromatic carbocycles. The van der Waals surface area contributed by atoms with E-state index in [1.165, 1.54) is 0 Å². The van der Waals surface area contributed by atoms with Crippen molar-refractivity contribution in [1.82, 2.24) is 15.0 Å². The molecule has 0 unspecified atom stereocenters. The Kier molecular flexibility index (Phi) is 1.69. The van der Waals surface area contributed by atoms with Crippen molar-refractivity contribution in [2.45, 2.75) is 0 Å². The molecule has 3 aromatic heterocycles. The number of hydrogen-bond donors (Lipinski definition) is 2. The van der Waals surface area contributed by atoms with E-state index in [0.29, 0.717) is 0 Å². The highest BCUT2D eigenvalue weighted by Crippen LogP contribution is 2.27. The van der Waals surface area contributed by atoms with Gasteiger partial charge in [0.25, 0.3) is 5.95 Å². The largest absolute Gasteiger partial charge is 0.354 e. The van der Waals surface area contributed by atoms with Gasteiger partial charge >= 0.3 is 5.65 Å². The number of aromatic nitrogens is 4. The minimum atomic E-state index is 0.279. The van der Waals surface area contributed by atoms with E-state index in [-0.39, 0.29) is 5.95 Å². The zero-order valence-corrected chi connectivity index (χ0v) is 8.51. The van der Waals surface area contributed by atoms with Gasteiger partial charge in [0.15, 0.2) is 6.33 Å². The smallest absolute Gasteiger partial charge is 0.305 e. The van der Waals surface area contributed by atoms with Crippen molar-refractivity contribution in [3.05, 3.63) is 23.8 Å². The number of fused-ring (bicyclic) bond motifs is 1. The molecule has 0 atom stereocenters. The van der Waals surface area contributed by atoms with Crippen molar-refractivity contribution in [1.29, 1.82) is 0 Å². The first-order chi connectivity index (χ1) is 7.34. The molecule has 0 spiro atoms. The van der Waals surface area contributed by atoms with Crippen LogP contribution in [-0.2, 0) is 0 Å². The fraction of sp³-hybridized carbons (Fsp3) is 0. The van der Waals surface area contributed by atoms with Crippen molar-refractivity contribution < 1.29 is 4.98 Å². The topological polar surface area (TPSA) is 81.7 Å². The Morgan fingerprint density at radius 3 is 3.13 bits per heavy atom. The third kappa shape index (κ3) is 1.26. The van der Waals surface area contributed by atoms with E-state index < -0.39 is 0 Å². The summed E-state index contributed by atoms with van der Waals surface area (Å²) in [6.07, 6.45) is 1.72. The van der Waals surface area contributed by atoms with E-state index in [9.17, 15) is 0 Å². The molecule has 3 heterocycles. The minimum Gasteiger partial charge on any atom is -0.354 e. The second-order valence-corrected chi connectivity index (χ2v) is 4.01. The lowest BCUT2D eigenvalue weighted by molar-refractivity contribution is -0.347. The molecule has 0 saturated carbocycles. The quantitative estimate of drug-likeness (QED) is 0.641. The highest BCUT2D eigenvalue weighted by Gasteiger charge is 2.15. The summed E-state index contributed by atoms with van der Waals surface area (Å²) in [5, 5.41) is 2.01. The zero-order chi connectivity index (χ0) is 10.3. The number of H-pyrrole nitrogens is 2. The third-order valence-electron chi connectivity index (χ3n) is 2.11. The fourth-order valence-electron chi connectivity index (χ4n) is 1.49. The fourth-order valence-corrected chi connectivity index (χ4v) is 2.21. The van der Waals surface area contributed by atoms with Crippen molar-refractivity contribution in [2.24, 2.45) is 0 Å². The SMILES string of the molecule is Nc1nc(-c2cccs2)c2[nH]c[nH+]c2n1. The van der Waals surface area contributed by atoms with E-state index in [1.807, 2.05) is 17.5 Å². The lowest BCUT2D eigenvalue weighted by atomic mass is 10.3. The van der Waals surface area contributed by atoms with Crippen LogP contribution in [0.4, 0.5) is 5.95 Å². The van der Waals surface area contributed by atoms with Gasteiger partial charge in [-0.1, -0.05) is 11.1 Å². The zero-order valence-electron chi connectivity index (χ0n) is 7.69. The highest BCUT2D eigenvalue weighted by atomic mass is 32.1. The maximum absolute atomic E-state index is 5.64. The van der Waals surface area contributed by atoms with Crippen LogP contribution >= 0.6 is 11.3 Å². The molecule has 0 aliphatic heterocycles. The van der Waals surface area contributed by atoms with Crippen LogP contribution in [0.15, 0.2) is 23.8 Å². The van der Waals surface area contributed by atoms with Gasteiger partial charge in [0, 0.05) is 0 Å². The van der Waals surface area contributed by atoms with Gasteiger partial charge in [0.1, 0.15) is 5.69 Å². The summed E-state index contributed by atoms with van der Waals surface area (Å²) in [6, 6.07) is 3.99. The van der Waals surface area contributed by atoms with E-state index in [2.05, 4.69) is 19.9 Å². The van der Waals surface area contributed by atoms with Crippen LogP contribution in [0.5, 0.6) is 0 Å². The van der Waals surface area contributed by atoms with Crippen LogP contribution in [0, 0.1) is 0 Å². The maximum atomic E-state index is 5.64. The lowest BCUT2D eigenvalue weighted by Gasteiger charge is -1.94. The summed E-state index contributed by atoms with van der Waals surface area (Å²) in [7, 11) is 0. The normalized spacial score (nSPS) is 10.9. The van der Waals surface area contributed by atoms with Crippen LogP contribution in [0.3, 0.4) is 0 Å². The number of nitrogens with one attached hydrogen (secondary N) is 2. The standard InChI is InChI=1S/C9H7N5S/c10-9-13-6(5-2-1-3-15-5)7-8(14-9)12-4-11-7/h1-4H,(H3,10,11,12,13,14)/p+1. The summed E-state index contributed by atoms with van der Waals surface area (Å²) in [4.78, 5) is 15.5. The Bertz CT molecular complexity index is 598. The number of rotatable bonds is 1. The summed E-state index contributed by atoms with van der Waals surface area (Å²) < 4.78 is 0. The van der Waals surface area contributed by atoms with Crippen molar-refractivity contribution >= 4 is 28.4 Å². The Hall–Kier alpha value is -1.95. The van der Waals surface area contributed by atoms with E-state index >= 15 is 0 Å². The van der Waals surface area contributed by atoms with E-state index in [1.54, 1.807) is 17.7 Å². The highest BCUT2D eigenvalue weighted by molar-refractivity contribution is 7.13. The Morgan fingerprint density at radius 1 is 1.40 bits per heavy atom. The number of nitrogen functional groups attached to an aromatic ring is 1. The average Bonchev–Trinajstić information content (AvgIpc) is 2.86. The second kappa shape index (κ2) is 3.03. The molecule has 0 fully saturated rings. The molecule has 0 radical (unpaired) electrons. The monoisotopic (exact) mass is 218 g/mol. The van der Waals surface area contributed by atoms with E-state index in [4.69, 9.17) is 5.73 Å². The van der Waals surface area contributed by atoms with Crippen LogP contribution < -0.4 is 10.7 Å². The first-order valence-electron chi connectivity index (χ1n) is 4.41. The first kappa shape index (κ1) is 8.37. The van der Waals surface area contributed by atoms with Gasteiger partial charge in [-0.2, -0.15) is 4.98 Å². The number of hydrogen-bond acceptors (Lipinski definition) is 4. The van der Waals surface area contributed by atoms with Crippen LogP contribution in [-0.4, -0.2) is 15.0 Å². The van der Waals surface area contributed by atoms with Gasteiger partial charge in [-0.3, -0.25) is 4.98 Å². The number of nitrogens with zero attached hydrogens (tertiary/aromatic N) is 2. The molecule has 0 amide bonds. The molecule has 0 aliphatic carbocycles. The van der Waals surface area contributed by atoms with Crippen LogP contribution in [0.1, 0.15) is 0 Å². The molecule has 0 saturated heterocycles. The first-order valence-corrected chi connectivity index (χ1v) is 5.29. The molecule has 6 heteroatoms. The van der Waals surface area contributed by atoms with Gasteiger partial charge in [-0.25, -0.2) is 4.98 Å². The molecule has 5 nitrogen and oxygen atoms in total. The molecule has 3 rings (SSSR count). The van der Waals surface area contributed by atoms with Gasteiger partial charge in [-0.05, 0) is 11.4 Å². The van der Waals surface area contributed by atoms with Gasteiger partial charge in [0.2, 0.25) is 5.52 Å². The lowest BCUT2D eigenvalue weighted by Crippen LogP contribution is -2.03. The summed E-state index contributed by atoms with van der Waals surface area (Å²) >= 11 is 1.62. The van der Waals surface area contributed by atoms with Crippen molar-refractivity contribution in [3.63, 3.8) is 0 Å². The third-order valence-corrected chi connectivity index (χ3v) is 2.98. The predicted molar refractivity (Wildman–Crippen MR) is 58.2 cm³/mol. The predicted octanol–water partition coefficient (Wildman–Crippen LogP) is 1.08. The number of thiophene rings is 1. The maximum Gasteiger partial charge on any atom is 0.305 e. The van der Waals surface area contributed by atoms with E-state index in [0.717, 1.165) is 21.7 Å². The molecule has 0 aliphatic rings. The molecular weight excluding hydrogens is 210 g/mol. The number of anilines is 1. The molecule has 15 heavy (non-hydrogen) atoms. The summed E-state index contributed by atoms with van der Waals surface area (Å²) in [5.74, 6) is 0.279. The molecular formula is C9H8N5S+. The summed E-state index contributed by atoms with van der Waals surface area (Å²) in [6.45, 7) is 0. The number of nitrogens with two attached hydrogens (primary N) is 1. The van der Waals surface area contributed by atoms with Crippen LogP contribution in [0.25, 0.3) is 21.7 Å². The Balaban J connectivity index is 2.38. The van der Waals surface area contributed by atoms with Gasteiger partial charge in [-0.15, -0.1) is 11.3 Å². The molecule has 3 aromatic rings. The molecule has 74 valence electrons. The van der Waals surface area contributed by atoms with Gasteiger partial charge < -0.3 is 5.73 Å². The van der Waals surface area contributed by atoms with Gasteiger partial charge in [0.05, 0.1) is 4.88 Å². The molecule has 0 bridgehead atoms. The molecule has 4 N–H and O–H groups in total. The number of imidazole rings is 1. The minimum absolute atomic E-state index is 0.279. The van der Waals surface area contributed by atoms with Crippen molar-refractivity contribution in [3.8, 4) is 10.6 Å². The number of aromatic amines is 2. The second-order valence-electron chi connectivity index (χ2n) is 3.06.